The van der Waals surface area contributed by atoms with Crippen LogP contribution in [0.3, 0.4) is 0 Å². The van der Waals surface area contributed by atoms with Crippen LogP contribution in [-0.4, -0.2) is 74.1 Å². The molecule has 2 heterocycles. The Morgan fingerprint density at radius 2 is 1.79 bits per heavy atom. The molecule has 2 aliphatic heterocycles. The Morgan fingerprint density at radius 1 is 1.14 bits per heavy atom. The van der Waals surface area contributed by atoms with E-state index in [9.17, 15) is 14.0 Å². The van der Waals surface area contributed by atoms with Crippen LogP contribution < -0.4 is 4.90 Å². The van der Waals surface area contributed by atoms with E-state index in [4.69, 9.17) is 4.74 Å². The van der Waals surface area contributed by atoms with Gasteiger partial charge in [-0.3, -0.25) is 9.59 Å². The van der Waals surface area contributed by atoms with Gasteiger partial charge in [-0.05, 0) is 44.9 Å². The molecular weight excluding hydrogens is 361 g/mol. The molecule has 2 fully saturated rings. The van der Waals surface area contributed by atoms with Crippen molar-refractivity contribution in [2.45, 2.75) is 32.7 Å². The Hall–Kier alpha value is -2.15. The Kier molecular flexibility index (Phi) is 6.54. The summed E-state index contributed by atoms with van der Waals surface area (Å²) in [4.78, 5) is 30.7. The largest absolute Gasteiger partial charge is 0.378 e. The number of amides is 2. The number of carbonyl (C=O) groups excluding carboxylic acids is 2. The predicted octanol–water partition coefficient (Wildman–Crippen LogP) is 2.38. The molecule has 154 valence electrons. The number of benzene rings is 1. The van der Waals surface area contributed by atoms with Crippen LogP contribution in [0.2, 0.25) is 0 Å². The summed E-state index contributed by atoms with van der Waals surface area (Å²) in [5, 5.41) is 0. The summed E-state index contributed by atoms with van der Waals surface area (Å²) in [6, 6.07) is 4.87. The molecule has 28 heavy (non-hydrogen) atoms. The minimum absolute atomic E-state index is 0.0446. The molecular formula is C21H30FN3O3. The lowest BCUT2D eigenvalue weighted by molar-refractivity contribution is -0.137. The third-order valence-corrected chi connectivity index (χ3v) is 5.80. The van der Waals surface area contributed by atoms with Crippen molar-refractivity contribution in [1.82, 2.24) is 9.80 Å². The van der Waals surface area contributed by atoms with Gasteiger partial charge in [-0.25, -0.2) is 4.39 Å². The summed E-state index contributed by atoms with van der Waals surface area (Å²) < 4.78 is 19.9. The first-order valence-corrected chi connectivity index (χ1v) is 10.1. The number of nitrogens with zero attached hydrogens (tertiary/aromatic N) is 3. The molecule has 2 saturated heterocycles. The number of hydrogen-bond donors (Lipinski definition) is 0. The number of carbonyl (C=O) groups is 2. The Balaban J connectivity index is 1.60. The van der Waals surface area contributed by atoms with Crippen LogP contribution in [0.15, 0.2) is 18.2 Å². The van der Waals surface area contributed by atoms with Gasteiger partial charge in [-0.1, -0.05) is 0 Å². The normalized spacial score (nSPS) is 18.5. The van der Waals surface area contributed by atoms with Gasteiger partial charge in [0.1, 0.15) is 5.82 Å². The highest BCUT2D eigenvalue weighted by molar-refractivity contribution is 5.95. The van der Waals surface area contributed by atoms with E-state index in [0.29, 0.717) is 63.5 Å². The van der Waals surface area contributed by atoms with Gasteiger partial charge in [0.2, 0.25) is 5.91 Å². The second-order valence-electron chi connectivity index (χ2n) is 7.87. The molecule has 3 rings (SSSR count). The summed E-state index contributed by atoms with van der Waals surface area (Å²) in [5.41, 5.74) is 0.875. The van der Waals surface area contributed by atoms with E-state index in [1.165, 1.54) is 6.07 Å². The van der Waals surface area contributed by atoms with E-state index in [-0.39, 0.29) is 29.6 Å². The lowest BCUT2D eigenvalue weighted by atomic mass is 9.94. The molecule has 0 aliphatic carbocycles. The van der Waals surface area contributed by atoms with Crippen LogP contribution in [0.25, 0.3) is 0 Å². The van der Waals surface area contributed by atoms with E-state index >= 15 is 0 Å². The lowest BCUT2D eigenvalue weighted by Crippen LogP contribution is -2.45. The molecule has 0 bridgehead atoms. The molecule has 0 radical (unpaired) electrons. The lowest BCUT2D eigenvalue weighted by Gasteiger charge is -2.34. The maximum Gasteiger partial charge on any atom is 0.253 e. The molecule has 1 aromatic rings. The van der Waals surface area contributed by atoms with Gasteiger partial charge in [0, 0.05) is 50.7 Å². The summed E-state index contributed by atoms with van der Waals surface area (Å²) >= 11 is 0. The fourth-order valence-electron chi connectivity index (χ4n) is 3.76. The summed E-state index contributed by atoms with van der Waals surface area (Å²) in [7, 11) is 1.82. The average molecular weight is 391 g/mol. The van der Waals surface area contributed by atoms with E-state index in [1.54, 1.807) is 21.9 Å². The highest BCUT2D eigenvalue weighted by atomic mass is 19.1. The first-order chi connectivity index (χ1) is 13.4. The van der Waals surface area contributed by atoms with Gasteiger partial charge >= 0.3 is 0 Å². The van der Waals surface area contributed by atoms with Gasteiger partial charge in [-0.2, -0.15) is 0 Å². The van der Waals surface area contributed by atoms with Crippen LogP contribution in [0, 0.1) is 11.7 Å². The molecule has 7 heteroatoms. The minimum atomic E-state index is -0.378. The monoisotopic (exact) mass is 391 g/mol. The SMILES string of the molecule is CC(C)N(C)C(=O)C1CCN(C(=O)c2ccc(N3CCOCC3)c(F)c2)CC1. The molecule has 2 amide bonds. The minimum Gasteiger partial charge on any atom is -0.378 e. The number of anilines is 1. The molecule has 0 aromatic heterocycles. The standard InChI is InChI=1S/C21H30FN3O3/c1-15(2)23(3)20(26)16-6-8-25(9-7-16)21(27)17-4-5-19(18(22)14-17)24-10-12-28-13-11-24/h4-5,14-16H,6-13H2,1-3H3. The van der Waals surface area contributed by atoms with Crippen molar-refractivity contribution in [2.24, 2.45) is 5.92 Å². The molecule has 0 N–H and O–H groups in total. The van der Waals surface area contributed by atoms with Gasteiger partial charge in [0.25, 0.3) is 5.91 Å². The Bertz CT molecular complexity index is 711. The topological polar surface area (TPSA) is 53.1 Å². The number of hydrogen-bond acceptors (Lipinski definition) is 4. The van der Waals surface area contributed by atoms with Crippen molar-refractivity contribution >= 4 is 17.5 Å². The number of halogens is 1. The third-order valence-electron chi connectivity index (χ3n) is 5.80. The zero-order valence-corrected chi connectivity index (χ0v) is 17.0. The second-order valence-corrected chi connectivity index (χ2v) is 7.87. The average Bonchev–Trinajstić information content (AvgIpc) is 2.72. The van der Waals surface area contributed by atoms with E-state index < -0.39 is 0 Å². The highest BCUT2D eigenvalue weighted by Crippen LogP contribution is 2.25. The fraction of sp³-hybridized carbons (Fsp3) is 0.619. The zero-order valence-electron chi connectivity index (χ0n) is 17.0. The summed E-state index contributed by atoms with van der Waals surface area (Å²) in [6.07, 6.45) is 1.30. The fourth-order valence-corrected chi connectivity index (χ4v) is 3.76. The number of morpholine rings is 1. The van der Waals surface area contributed by atoms with E-state index in [1.807, 2.05) is 25.8 Å². The van der Waals surface area contributed by atoms with E-state index in [0.717, 1.165) is 0 Å². The molecule has 0 saturated carbocycles. The van der Waals surface area contributed by atoms with Crippen molar-refractivity contribution in [2.75, 3.05) is 51.3 Å². The summed E-state index contributed by atoms with van der Waals surface area (Å²) in [5.74, 6) is -0.452. The molecule has 2 aliphatic rings. The maximum atomic E-state index is 14.6. The molecule has 0 unspecified atom stereocenters. The number of piperidine rings is 1. The highest BCUT2D eigenvalue weighted by Gasteiger charge is 2.30. The van der Waals surface area contributed by atoms with Crippen molar-refractivity contribution < 1.29 is 18.7 Å². The zero-order chi connectivity index (χ0) is 20.3. The Morgan fingerprint density at radius 3 is 2.36 bits per heavy atom. The smallest absolute Gasteiger partial charge is 0.253 e. The summed E-state index contributed by atoms with van der Waals surface area (Å²) in [6.45, 7) is 7.49. The number of rotatable bonds is 4. The quantitative estimate of drug-likeness (QED) is 0.791. The van der Waals surface area contributed by atoms with E-state index in [2.05, 4.69) is 0 Å². The molecule has 6 nitrogen and oxygen atoms in total. The van der Waals surface area contributed by atoms with Crippen LogP contribution in [0.1, 0.15) is 37.0 Å². The third kappa shape index (κ3) is 4.46. The molecule has 0 atom stereocenters. The van der Waals surface area contributed by atoms with Gasteiger partial charge < -0.3 is 19.4 Å². The van der Waals surface area contributed by atoms with Gasteiger partial charge in [0.05, 0.1) is 18.9 Å². The van der Waals surface area contributed by atoms with Crippen molar-refractivity contribution in [3.63, 3.8) is 0 Å². The maximum absolute atomic E-state index is 14.6. The molecule has 1 aromatic carbocycles. The number of ether oxygens (including phenoxy) is 1. The van der Waals surface area contributed by atoms with Crippen LogP contribution >= 0.6 is 0 Å². The van der Waals surface area contributed by atoms with Gasteiger partial charge in [-0.15, -0.1) is 0 Å². The van der Waals surface area contributed by atoms with Crippen molar-refractivity contribution in [3.8, 4) is 0 Å². The van der Waals surface area contributed by atoms with Crippen molar-refractivity contribution in [1.29, 1.82) is 0 Å². The van der Waals surface area contributed by atoms with Crippen LogP contribution in [0.4, 0.5) is 10.1 Å². The number of likely N-dealkylation sites (tertiary alicyclic amines) is 1. The van der Waals surface area contributed by atoms with Gasteiger partial charge in [0.15, 0.2) is 0 Å². The molecule has 0 spiro atoms. The van der Waals surface area contributed by atoms with Crippen LogP contribution in [-0.2, 0) is 9.53 Å². The first-order valence-electron chi connectivity index (χ1n) is 10.1. The van der Waals surface area contributed by atoms with Crippen molar-refractivity contribution in [3.05, 3.63) is 29.6 Å². The second kappa shape index (κ2) is 8.90. The first kappa shape index (κ1) is 20.6. The Labute approximate surface area is 166 Å². The van der Waals surface area contributed by atoms with Crippen LogP contribution in [0.5, 0.6) is 0 Å². The predicted molar refractivity (Wildman–Crippen MR) is 106 cm³/mol.